The summed E-state index contributed by atoms with van der Waals surface area (Å²) in [6.07, 6.45) is 1.92. The van der Waals surface area contributed by atoms with Crippen LogP contribution in [0.25, 0.3) is 0 Å². The molecule has 0 radical (unpaired) electrons. The van der Waals surface area contributed by atoms with Crippen LogP contribution >= 0.6 is 12.4 Å². The number of carbonyl (C=O) groups is 1. The highest BCUT2D eigenvalue weighted by atomic mass is 35.5. The second kappa shape index (κ2) is 11.7. The lowest BCUT2D eigenvalue weighted by Crippen LogP contribution is -2.37. The van der Waals surface area contributed by atoms with Gasteiger partial charge in [-0.25, -0.2) is 0 Å². The molecule has 33 heavy (non-hydrogen) atoms. The Balaban J connectivity index is 0.00000306. The number of carbonyl (C=O) groups excluding carboxylic acids is 1. The predicted octanol–water partition coefficient (Wildman–Crippen LogP) is 4.48. The third kappa shape index (κ3) is 6.24. The second-order valence-electron chi connectivity index (χ2n) is 8.20. The van der Waals surface area contributed by atoms with E-state index in [1.807, 2.05) is 53.4 Å². The van der Waals surface area contributed by atoms with Gasteiger partial charge in [0.25, 0.3) is 5.91 Å². The fraction of sp³-hybridized carbons (Fsp3) is 0.250. The summed E-state index contributed by atoms with van der Waals surface area (Å²) in [5.74, 6) is 6.81. The van der Waals surface area contributed by atoms with Crippen LogP contribution in [0.15, 0.2) is 72.8 Å². The number of aliphatic hydroxyl groups excluding tert-OH is 1. The molecule has 0 aromatic heterocycles. The molecule has 0 saturated carbocycles. The van der Waals surface area contributed by atoms with Crippen molar-refractivity contribution in [3.63, 3.8) is 0 Å². The van der Waals surface area contributed by atoms with E-state index in [4.69, 9.17) is 10.8 Å². The van der Waals surface area contributed by atoms with Gasteiger partial charge in [0.1, 0.15) is 0 Å². The second-order valence-corrected chi connectivity index (χ2v) is 8.20. The number of rotatable bonds is 4. The third-order valence-electron chi connectivity index (χ3n) is 6.04. The number of nitrogens with two attached hydrogens (primary N) is 1. The van der Waals surface area contributed by atoms with Gasteiger partial charge >= 0.3 is 0 Å². The van der Waals surface area contributed by atoms with E-state index in [9.17, 15) is 4.79 Å². The van der Waals surface area contributed by atoms with Gasteiger partial charge in [-0.2, -0.15) is 0 Å². The average Bonchev–Trinajstić information content (AvgIpc) is 2.87. The summed E-state index contributed by atoms with van der Waals surface area (Å²) in [4.78, 5) is 15.0. The summed E-state index contributed by atoms with van der Waals surface area (Å²) in [6, 6.07) is 23.5. The maximum atomic E-state index is 13.1. The molecule has 0 bridgehead atoms. The van der Waals surface area contributed by atoms with Crippen molar-refractivity contribution in [1.82, 2.24) is 4.90 Å². The van der Waals surface area contributed by atoms with Gasteiger partial charge in [0.05, 0.1) is 6.61 Å². The number of halogens is 1. The van der Waals surface area contributed by atoms with Gasteiger partial charge in [-0.15, -0.1) is 12.4 Å². The molecule has 5 heteroatoms. The maximum Gasteiger partial charge on any atom is 0.253 e. The van der Waals surface area contributed by atoms with E-state index in [1.54, 1.807) is 0 Å². The number of hydrogen-bond acceptors (Lipinski definition) is 3. The van der Waals surface area contributed by atoms with Gasteiger partial charge < -0.3 is 15.7 Å². The molecule has 3 N–H and O–H groups in total. The van der Waals surface area contributed by atoms with Crippen molar-refractivity contribution in [3.8, 4) is 11.8 Å². The lowest BCUT2D eigenvalue weighted by Gasteiger charge is -2.32. The predicted molar refractivity (Wildman–Crippen MR) is 134 cm³/mol. The molecule has 0 aliphatic carbocycles. The molecular weight excluding hydrogens is 432 g/mol. The van der Waals surface area contributed by atoms with E-state index >= 15 is 0 Å². The van der Waals surface area contributed by atoms with Crippen LogP contribution in [-0.2, 0) is 13.2 Å². The first kappa shape index (κ1) is 24.5. The molecule has 1 amide bonds. The molecule has 3 aromatic carbocycles. The molecular formula is C28H29ClN2O2. The molecule has 0 spiro atoms. The van der Waals surface area contributed by atoms with Gasteiger partial charge in [0, 0.05) is 36.3 Å². The monoisotopic (exact) mass is 460 g/mol. The Morgan fingerprint density at radius 2 is 1.61 bits per heavy atom. The summed E-state index contributed by atoms with van der Waals surface area (Å²) in [5, 5.41) is 9.14. The van der Waals surface area contributed by atoms with Gasteiger partial charge in [0.2, 0.25) is 0 Å². The van der Waals surface area contributed by atoms with E-state index in [2.05, 4.69) is 36.1 Å². The first-order valence-corrected chi connectivity index (χ1v) is 11.1. The Morgan fingerprint density at radius 1 is 0.909 bits per heavy atom. The summed E-state index contributed by atoms with van der Waals surface area (Å²) < 4.78 is 0. The molecule has 1 fully saturated rings. The molecule has 1 heterocycles. The molecule has 1 aliphatic heterocycles. The smallest absolute Gasteiger partial charge is 0.253 e. The van der Waals surface area contributed by atoms with Crippen LogP contribution in [-0.4, -0.2) is 29.0 Å². The van der Waals surface area contributed by atoms with Crippen molar-refractivity contribution in [3.05, 3.63) is 106 Å². The highest BCUT2D eigenvalue weighted by Crippen LogP contribution is 2.29. The van der Waals surface area contributed by atoms with Crippen molar-refractivity contribution in [2.24, 2.45) is 5.73 Å². The summed E-state index contributed by atoms with van der Waals surface area (Å²) in [7, 11) is 0. The topological polar surface area (TPSA) is 66.6 Å². The minimum absolute atomic E-state index is 0. The lowest BCUT2D eigenvalue weighted by molar-refractivity contribution is 0.0713. The molecule has 4 nitrogen and oxygen atoms in total. The Bertz CT molecular complexity index is 1140. The van der Waals surface area contributed by atoms with E-state index in [-0.39, 0.29) is 24.9 Å². The summed E-state index contributed by atoms with van der Waals surface area (Å²) >= 11 is 0. The first-order chi connectivity index (χ1) is 15.7. The number of likely N-dealkylation sites (tertiary alicyclic amines) is 1. The lowest BCUT2D eigenvalue weighted by atomic mass is 9.88. The number of nitrogens with zero attached hydrogens (tertiary/aromatic N) is 1. The number of piperidine rings is 1. The molecule has 1 aliphatic rings. The summed E-state index contributed by atoms with van der Waals surface area (Å²) in [6.45, 7) is 2.08. The fourth-order valence-corrected chi connectivity index (χ4v) is 4.14. The zero-order chi connectivity index (χ0) is 22.3. The number of benzene rings is 3. The van der Waals surface area contributed by atoms with Crippen molar-refractivity contribution in [1.29, 1.82) is 0 Å². The normalized spacial score (nSPS) is 13.6. The first-order valence-electron chi connectivity index (χ1n) is 11.1. The van der Waals surface area contributed by atoms with Gasteiger partial charge in [0.15, 0.2) is 0 Å². The molecule has 170 valence electrons. The Kier molecular flexibility index (Phi) is 8.68. The van der Waals surface area contributed by atoms with Crippen LogP contribution < -0.4 is 5.73 Å². The molecule has 4 rings (SSSR count). The number of amides is 1. The van der Waals surface area contributed by atoms with Crippen molar-refractivity contribution >= 4 is 18.3 Å². The highest BCUT2D eigenvalue weighted by molar-refractivity contribution is 5.94. The number of hydrogen-bond donors (Lipinski definition) is 2. The van der Waals surface area contributed by atoms with E-state index < -0.39 is 0 Å². The van der Waals surface area contributed by atoms with Crippen LogP contribution in [0.1, 0.15) is 56.9 Å². The van der Waals surface area contributed by atoms with Crippen LogP contribution in [0.3, 0.4) is 0 Å². The molecule has 3 aromatic rings. The van der Waals surface area contributed by atoms with Gasteiger partial charge in [-0.05, 0) is 65.8 Å². The van der Waals surface area contributed by atoms with E-state index in [0.717, 1.165) is 48.2 Å². The largest absolute Gasteiger partial charge is 0.392 e. The third-order valence-corrected chi connectivity index (χ3v) is 6.04. The molecule has 0 atom stereocenters. The zero-order valence-electron chi connectivity index (χ0n) is 18.5. The van der Waals surface area contributed by atoms with Crippen LogP contribution in [0.5, 0.6) is 0 Å². The van der Waals surface area contributed by atoms with Gasteiger partial charge in [-0.1, -0.05) is 54.3 Å². The Morgan fingerprint density at radius 3 is 2.30 bits per heavy atom. The zero-order valence-corrected chi connectivity index (χ0v) is 19.4. The fourth-order valence-electron chi connectivity index (χ4n) is 4.14. The minimum atomic E-state index is 0. The average molecular weight is 461 g/mol. The standard InChI is InChI=1S/C28H28N2O2.ClH/c29-19-24-4-2-5-26(18-24)25-13-15-30(16-14-25)28(32)27-6-1-3-22(17-27)10-7-21-8-11-23(20-31)12-9-21;/h1-6,8-9,11-12,17-18,25,31H,13-16,19-20,29H2;1H. The SMILES string of the molecule is Cl.NCc1cccc(C2CCN(C(=O)c3cccc(C#Cc4ccc(CO)cc4)c3)CC2)c1. The minimum Gasteiger partial charge on any atom is -0.392 e. The van der Waals surface area contributed by atoms with E-state index in [0.29, 0.717) is 18.0 Å². The van der Waals surface area contributed by atoms with Crippen LogP contribution in [0, 0.1) is 11.8 Å². The summed E-state index contributed by atoms with van der Waals surface area (Å²) in [5.41, 5.74) is 11.5. The maximum absolute atomic E-state index is 13.1. The van der Waals surface area contributed by atoms with Gasteiger partial charge in [-0.3, -0.25) is 4.79 Å². The van der Waals surface area contributed by atoms with E-state index in [1.165, 1.54) is 5.56 Å². The van der Waals surface area contributed by atoms with Crippen molar-refractivity contribution in [2.45, 2.75) is 31.9 Å². The van der Waals surface area contributed by atoms with Crippen LogP contribution in [0.2, 0.25) is 0 Å². The van der Waals surface area contributed by atoms with Crippen molar-refractivity contribution in [2.75, 3.05) is 13.1 Å². The quantitative estimate of drug-likeness (QED) is 0.564. The van der Waals surface area contributed by atoms with Crippen molar-refractivity contribution < 1.29 is 9.90 Å². The highest BCUT2D eigenvalue weighted by Gasteiger charge is 2.24. The molecule has 1 saturated heterocycles. The Hall–Kier alpha value is -3.10. The molecule has 0 unspecified atom stereocenters. The number of aliphatic hydroxyl groups is 1. The Labute approximate surface area is 201 Å². The van der Waals surface area contributed by atoms with Crippen LogP contribution in [0.4, 0.5) is 0 Å².